The zero-order valence-corrected chi connectivity index (χ0v) is 18.1. The highest BCUT2D eigenvalue weighted by molar-refractivity contribution is 6.42. The number of hydrogen-bond donors (Lipinski definition) is 0. The third-order valence-corrected chi connectivity index (χ3v) is 5.17. The number of carbonyl (C=O) groups is 2. The maximum absolute atomic E-state index is 12.7. The fraction of sp³-hybridized carbons (Fsp3) is 0.500. The van der Waals surface area contributed by atoms with Gasteiger partial charge in [0, 0.05) is 24.1 Å². The first-order valence-electron chi connectivity index (χ1n) is 8.85. The molecule has 8 heteroatoms. The molecule has 2 rings (SSSR count). The molecule has 28 heavy (non-hydrogen) atoms. The molecular weight excluding hydrogens is 405 g/mol. The molecule has 1 fully saturated rings. The van der Waals surface area contributed by atoms with Gasteiger partial charge in [-0.2, -0.15) is 0 Å². The van der Waals surface area contributed by atoms with Crippen LogP contribution in [-0.2, 0) is 14.3 Å². The second kappa shape index (κ2) is 9.05. The van der Waals surface area contributed by atoms with E-state index in [0.29, 0.717) is 28.8 Å². The van der Waals surface area contributed by atoms with Crippen LogP contribution in [0.2, 0.25) is 10.0 Å². The fourth-order valence-electron chi connectivity index (χ4n) is 3.15. The standard InChI is InChI=1S/C20H25Cl2NO5/c1-20(2,3)28-19(25)23-11-12(10-13(23)6-9-16(24)27-5)17-15(26-4)8-7-14(21)18(17)22/h6-9,12-13H,10-11H2,1-5H3/t12-,13+/m0/s1. The van der Waals surface area contributed by atoms with Gasteiger partial charge in [0.15, 0.2) is 0 Å². The molecule has 1 amide bonds. The van der Waals surface area contributed by atoms with Gasteiger partial charge in [-0.15, -0.1) is 0 Å². The molecule has 2 atom stereocenters. The smallest absolute Gasteiger partial charge is 0.410 e. The van der Waals surface area contributed by atoms with E-state index in [9.17, 15) is 9.59 Å². The monoisotopic (exact) mass is 429 g/mol. The van der Waals surface area contributed by atoms with E-state index in [4.69, 9.17) is 32.7 Å². The predicted molar refractivity (Wildman–Crippen MR) is 108 cm³/mol. The summed E-state index contributed by atoms with van der Waals surface area (Å²) in [4.78, 5) is 25.8. The summed E-state index contributed by atoms with van der Waals surface area (Å²) in [5.74, 6) is -0.0342. The molecule has 0 unspecified atom stereocenters. The summed E-state index contributed by atoms with van der Waals surface area (Å²) in [7, 11) is 2.85. The maximum Gasteiger partial charge on any atom is 0.410 e. The largest absolute Gasteiger partial charge is 0.496 e. The number of halogens is 2. The highest BCUT2D eigenvalue weighted by atomic mass is 35.5. The third-order valence-electron chi connectivity index (χ3n) is 4.35. The number of likely N-dealkylation sites (tertiary alicyclic amines) is 1. The van der Waals surface area contributed by atoms with E-state index in [1.54, 1.807) is 51.0 Å². The van der Waals surface area contributed by atoms with E-state index in [1.165, 1.54) is 13.2 Å². The van der Waals surface area contributed by atoms with Crippen LogP contribution in [0.15, 0.2) is 24.3 Å². The first kappa shape index (κ1) is 22.4. The normalized spacial score (nSPS) is 19.8. The number of methoxy groups -OCH3 is 2. The maximum atomic E-state index is 12.7. The van der Waals surface area contributed by atoms with Crippen molar-refractivity contribution >= 4 is 35.3 Å². The van der Waals surface area contributed by atoms with Crippen molar-refractivity contribution in [3.63, 3.8) is 0 Å². The highest BCUT2D eigenvalue weighted by Gasteiger charge is 2.39. The van der Waals surface area contributed by atoms with E-state index >= 15 is 0 Å². The van der Waals surface area contributed by atoms with Crippen molar-refractivity contribution in [2.75, 3.05) is 20.8 Å². The Kier molecular flexibility index (Phi) is 7.23. The van der Waals surface area contributed by atoms with Crippen LogP contribution in [0.25, 0.3) is 0 Å². The number of carbonyl (C=O) groups excluding carboxylic acids is 2. The Labute approximate surface area is 175 Å². The van der Waals surface area contributed by atoms with Crippen molar-refractivity contribution in [2.24, 2.45) is 0 Å². The first-order chi connectivity index (χ1) is 13.1. The molecule has 0 aliphatic carbocycles. The Morgan fingerprint density at radius 1 is 1.21 bits per heavy atom. The van der Waals surface area contributed by atoms with Crippen LogP contribution in [0, 0.1) is 0 Å². The van der Waals surface area contributed by atoms with Crippen molar-refractivity contribution in [1.82, 2.24) is 4.90 Å². The zero-order valence-electron chi connectivity index (χ0n) is 16.6. The Hall–Kier alpha value is -1.92. The topological polar surface area (TPSA) is 65.1 Å². The molecule has 1 aromatic carbocycles. The number of hydrogen-bond acceptors (Lipinski definition) is 5. The molecule has 0 saturated carbocycles. The van der Waals surface area contributed by atoms with Crippen molar-refractivity contribution < 1.29 is 23.8 Å². The van der Waals surface area contributed by atoms with E-state index in [2.05, 4.69) is 4.74 Å². The molecule has 0 spiro atoms. The average molecular weight is 430 g/mol. The number of benzene rings is 1. The molecule has 0 radical (unpaired) electrons. The number of ether oxygens (including phenoxy) is 3. The number of amides is 1. The van der Waals surface area contributed by atoms with Crippen molar-refractivity contribution in [1.29, 1.82) is 0 Å². The van der Waals surface area contributed by atoms with Crippen LogP contribution in [0.5, 0.6) is 5.75 Å². The predicted octanol–water partition coefficient (Wildman–Crippen LogP) is 4.82. The first-order valence-corrected chi connectivity index (χ1v) is 9.60. The lowest BCUT2D eigenvalue weighted by molar-refractivity contribution is -0.134. The molecule has 1 heterocycles. The summed E-state index contributed by atoms with van der Waals surface area (Å²) in [5, 5.41) is 0.808. The van der Waals surface area contributed by atoms with Crippen LogP contribution in [0.1, 0.15) is 38.7 Å². The second-order valence-corrected chi connectivity index (χ2v) is 8.28. The van der Waals surface area contributed by atoms with Gasteiger partial charge in [-0.05, 0) is 39.3 Å². The minimum absolute atomic E-state index is 0.138. The van der Waals surface area contributed by atoms with Gasteiger partial charge in [-0.3, -0.25) is 0 Å². The van der Waals surface area contributed by atoms with E-state index in [0.717, 1.165) is 5.56 Å². The lowest BCUT2D eigenvalue weighted by Gasteiger charge is -2.27. The molecule has 6 nitrogen and oxygen atoms in total. The van der Waals surface area contributed by atoms with Gasteiger partial charge < -0.3 is 19.1 Å². The summed E-state index contributed by atoms with van der Waals surface area (Å²) < 4.78 is 15.6. The Bertz CT molecular complexity index is 773. The van der Waals surface area contributed by atoms with E-state index < -0.39 is 17.7 Å². The highest BCUT2D eigenvalue weighted by Crippen LogP contribution is 2.43. The minimum Gasteiger partial charge on any atom is -0.496 e. The third kappa shape index (κ3) is 5.32. The van der Waals surface area contributed by atoms with Gasteiger partial charge in [0.1, 0.15) is 11.4 Å². The lowest BCUT2D eigenvalue weighted by Crippen LogP contribution is -2.39. The SMILES string of the molecule is COC(=O)C=C[C@@H]1C[C@H](c2c(OC)ccc(Cl)c2Cl)CN1C(=O)OC(C)(C)C. The van der Waals surface area contributed by atoms with Crippen molar-refractivity contribution in [3.8, 4) is 5.75 Å². The summed E-state index contributed by atoms with van der Waals surface area (Å²) in [6.45, 7) is 5.75. The van der Waals surface area contributed by atoms with Crippen molar-refractivity contribution in [3.05, 3.63) is 39.9 Å². The van der Waals surface area contributed by atoms with Gasteiger partial charge >= 0.3 is 12.1 Å². The molecular formula is C20H25Cl2NO5. The number of nitrogens with zero attached hydrogens (tertiary/aromatic N) is 1. The molecule has 154 valence electrons. The average Bonchev–Trinajstić information content (AvgIpc) is 3.04. The van der Waals surface area contributed by atoms with E-state index in [-0.39, 0.29) is 12.0 Å². The molecule has 1 aliphatic rings. The molecule has 1 aliphatic heterocycles. The summed E-state index contributed by atoms with van der Waals surface area (Å²) in [6, 6.07) is 3.05. The second-order valence-electron chi connectivity index (χ2n) is 7.49. The van der Waals surface area contributed by atoms with Crippen molar-refractivity contribution in [2.45, 2.75) is 44.8 Å². The van der Waals surface area contributed by atoms with Crippen LogP contribution in [0.4, 0.5) is 4.79 Å². The Morgan fingerprint density at radius 3 is 2.46 bits per heavy atom. The molecule has 1 aromatic rings. The number of rotatable bonds is 4. The van der Waals surface area contributed by atoms with Gasteiger partial charge in [0.05, 0.1) is 30.3 Å². The fourth-order valence-corrected chi connectivity index (χ4v) is 3.63. The van der Waals surface area contributed by atoms with Gasteiger partial charge in [0.25, 0.3) is 0 Å². The zero-order chi connectivity index (χ0) is 21.1. The lowest BCUT2D eigenvalue weighted by atomic mass is 9.95. The summed E-state index contributed by atoms with van der Waals surface area (Å²) in [6.07, 6.45) is 3.01. The summed E-state index contributed by atoms with van der Waals surface area (Å²) in [5.41, 5.74) is 0.0937. The Morgan fingerprint density at radius 2 is 1.89 bits per heavy atom. The summed E-state index contributed by atoms with van der Waals surface area (Å²) >= 11 is 12.6. The van der Waals surface area contributed by atoms with Crippen LogP contribution in [0.3, 0.4) is 0 Å². The molecule has 0 bridgehead atoms. The van der Waals surface area contributed by atoms with Gasteiger partial charge in [-0.1, -0.05) is 29.3 Å². The number of esters is 1. The van der Waals surface area contributed by atoms with Gasteiger partial charge in [-0.25, -0.2) is 9.59 Å². The van der Waals surface area contributed by atoms with Crippen LogP contribution < -0.4 is 4.74 Å². The molecule has 0 aromatic heterocycles. The Balaban J connectivity index is 2.38. The van der Waals surface area contributed by atoms with Crippen LogP contribution >= 0.6 is 23.2 Å². The molecule has 1 saturated heterocycles. The van der Waals surface area contributed by atoms with Gasteiger partial charge in [0.2, 0.25) is 0 Å². The molecule has 0 N–H and O–H groups in total. The van der Waals surface area contributed by atoms with E-state index in [1.807, 2.05) is 0 Å². The van der Waals surface area contributed by atoms with Crippen LogP contribution in [-0.4, -0.2) is 49.4 Å². The minimum atomic E-state index is -0.642. The quantitative estimate of drug-likeness (QED) is 0.506.